The topological polar surface area (TPSA) is 34.1 Å². The Hall–Kier alpha value is -0.920. The number of hydrogen-bond donors (Lipinski definition) is 0. The maximum atomic E-state index is 10.3. The van der Waals surface area contributed by atoms with Crippen LogP contribution in [0, 0.1) is 6.58 Å². The van der Waals surface area contributed by atoms with Crippen LogP contribution in [0.3, 0.4) is 0 Å². The third kappa shape index (κ3) is 67.6. The molecule has 0 aromatic rings. The Balaban J connectivity index is -0.000000170. The van der Waals surface area contributed by atoms with E-state index < -0.39 is 0 Å². The monoisotopic (exact) mass is 199 g/mol. The molecule has 14 heavy (non-hydrogen) atoms. The van der Waals surface area contributed by atoms with Crippen molar-refractivity contribution in [3.63, 3.8) is 0 Å². The van der Waals surface area contributed by atoms with E-state index in [2.05, 4.69) is 0 Å². The molecular formula is C12H23O2. The second-order valence-corrected chi connectivity index (χ2v) is 2.96. The zero-order valence-electron chi connectivity index (χ0n) is 10.3. The van der Waals surface area contributed by atoms with Gasteiger partial charge in [-0.05, 0) is 34.1 Å². The lowest BCUT2D eigenvalue weighted by atomic mass is 10.1. The average Bonchev–Trinajstić information content (AvgIpc) is 2.03. The summed E-state index contributed by atoms with van der Waals surface area (Å²) in [7, 11) is 0. The van der Waals surface area contributed by atoms with Gasteiger partial charge in [0.1, 0.15) is 11.6 Å². The fourth-order valence-electron chi connectivity index (χ4n) is 0.373. The van der Waals surface area contributed by atoms with Crippen LogP contribution < -0.4 is 0 Å². The van der Waals surface area contributed by atoms with Gasteiger partial charge in [-0.2, -0.15) is 0 Å². The highest BCUT2D eigenvalue weighted by molar-refractivity contribution is 5.75. The SMILES string of the molecule is CC.CC(C)=O.[CH]=C(C)CCC(C)=O. The lowest BCUT2D eigenvalue weighted by Crippen LogP contribution is -1.88. The van der Waals surface area contributed by atoms with Gasteiger partial charge < -0.3 is 9.59 Å². The summed E-state index contributed by atoms with van der Waals surface area (Å²) < 4.78 is 0. The van der Waals surface area contributed by atoms with Crippen molar-refractivity contribution in [2.45, 2.75) is 54.4 Å². The molecular weight excluding hydrogens is 176 g/mol. The van der Waals surface area contributed by atoms with Gasteiger partial charge in [0, 0.05) is 6.42 Å². The van der Waals surface area contributed by atoms with Crippen molar-refractivity contribution in [3.05, 3.63) is 12.2 Å². The molecule has 0 aliphatic heterocycles. The minimum absolute atomic E-state index is 0.167. The maximum Gasteiger partial charge on any atom is 0.130 e. The first kappa shape index (κ1) is 18.8. The fourth-order valence-corrected chi connectivity index (χ4v) is 0.373. The summed E-state index contributed by atoms with van der Waals surface area (Å²) in [6, 6.07) is 0. The van der Waals surface area contributed by atoms with E-state index in [4.69, 9.17) is 6.58 Å². The summed E-state index contributed by atoms with van der Waals surface area (Å²) >= 11 is 0. The minimum Gasteiger partial charge on any atom is -0.300 e. The third-order valence-electron chi connectivity index (χ3n) is 0.871. The second-order valence-electron chi connectivity index (χ2n) is 2.96. The van der Waals surface area contributed by atoms with Gasteiger partial charge in [0.05, 0.1) is 0 Å². The molecule has 0 aliphatic carbocycles. The first-order valence-electron chi connectivity index (χ1n) is 4.90. The normalized spacial score (nSPS) is 7.29. The fraction of sp³-hybridized carbons (Fsp3) is 0.667. The standard InChI is InChI=1S/C7H11O.C3H6O.C2H6/c1-6(2)4-5-7(3)8;1-3(2)4;1-2/h1H,4-5H2,2-3H3;1-2H3;1-2H3. The van der Waals surface area contributed by atoms with Crippen LogP contribution in [0.1, 0.15) is 54.4 Å². The van der Waals surface area contributed by atoms with Crippen LogP contribution in [0.15, 0.2) is 5.57 Å². The molecule has 0 aromatic carbocycles. The van der Waals surface area contributed by atoms with Crippen LogP contribution in [0.2, 0.25) is 0 Å². The highest BCUT2D eigenvalue weighted by Crippen LogP contribution is 1.99. The molecule has 0 bridgehead atoms. The van der Waals surface area contributed by atoms with Gasteiger partial charge in [-0.3, -0.25) is 0 Å². The molecule has 0 spiro atoms. The van der Waals surface area contributed by atoms with Gasteiger partial charge in [0.25, 0.3) is 0 Å². The average molecular weight is 199 g/mol. The Morgan fingerprint density at radius 3 is 1.29 bits per heavy atom. The summed E-state index contributed by atoms with van der Waals surface area (Å²) in [6.07, 6.45) is 1.32. The molecule has 0 fully saturated rings. The summed E-state index contributed by atoms with van der Waals surface area (Å²) in [5, 5.41) is 0. The summed E-state index contributed by atoms with van der Waals surface area (Å²) in [4.78, 5) is 19.7. The molecule has 0 aliphatic rings. The molecule has 0 saturated heterocycles. The first-order chi connectivity index (χ1) is 6.36. The van der Waals surface area contributed by atoms with Crippen molar-refractivity contribution in [1.82, 2.24) is 0 Å². The Morgan fingerprint density at radius 2 is 1.21 bits per heavy atom. The molecule has 0 rings (SSSR count). The van der Waals surface area contributed by atoms with Crippen molar-refractivity contribution >= 4 is 11.6 Å². The van der Waals surface area contributed by atoms with Crippen molar-refractivity contribution in [2.75, 3.05) is 0 Å². The molecule has 0 saturated carbocycles. The molecule has 83 valence electrons. The van der Waals surface area contributed by atoms with Crippen molar-refractivity contribution < 1.29 is 9.59 Å². The quantitative estimate of drug-likeness (QED) is 0.698. The number of hydrogen-bond acceptors (Lipinski definition) is 2. The van der Waals surface area contributed by atoms with E-state index in [9.17, 15) is 9.59 Å². The number of carbonyl (C=O) groups is 2. The van der Waals surface area contributed by atoms with Crippen molar-refractivity contribution in [2.24, 2.45) is 0 Å². The Kier molecular flexibility index (Phi) is 19.6. The number of rotatable bonds is 3. The molecule has 2 heteroatoms. The van der Waals surface area contributed by atoms with Crippen LogP contribution in [-0.4, -0.2) is 11.6 Å². The van der Waals surface area contributed by atoms with Gasteiger partial charge in [0.2, 0.25) is 0 Å². The van der Waals surface area contributed by atoms with Crippen LogP contribution in [-0.2, 0) is 9.59 Å². The van der Waals surface area contributed by atoms with Gasteiger partial charge in [-0.1, -0.05) is 26.0 Å². The van der Waals surface area contributed by atoms with Gasteiger partial charge in [-0.15, -0.1) is 0 Å². The molecule has 0 heterocycles. The zero-order valence-corrected chi connectivity index (χ0v) is 10.3. The molecule has 0 atom stereocenters. The van der Waals surface area contributed by atoms with Crippen LogP contribution >= 0.6 is 0 Å². The second kappa shape index (κ2) is 14.6. The molecule has 0 unspecified atom stereocenters. The summed E-state index contributed by atoms with van der Waals surface area (Å²) in [5.74, 6) is 0.370. The van der Waals surface area contributed by atoms with Gasteiger partial charge in [0.15, 0.2) is 0 Å². The number of Topliss-reactive ketones (excluding diaryl/α,β-unsaturated/α-hetero) is 2. The maximum absolute atomic E-state index is 10.3. The first-order valence-corrected chi connectivity index (χ1v) is 4.90. The Morgan fingerprint density at radius 1 is 0.929 bits per heavy atom. The van der Waals surface area contributed by atoms with Gasteiger partial charge in [-0.25, -0.2) is 0 Å². The Bertz CT molecular complexity index is 151. The minimum atomic E-state index is 0.167. The lowest BCUT2D eigenvalue weighted by Gasteiger charge is -1.91. The molecule has 0 N–H and O–H groups in total. The highest BCUT2D eigenvalue weighted by atomic mass is 16.1. The molecule has 0 amide bonds. The number of allylic oxidation sites excluding steroid dienone is 1. The van der Waals surface area contributed by atoms with Crippen LogP contribution in [0.5, 0.6) is 0 Å². The van der Waals surface area contributed by atoms with E-state index in [-0.39, 0.29) is 11.6 Å². The van der Waals surface area contributed by atoms with Gasteiger partial charge >= 0.3 is 0 Å². The van der Waals surface area contributed by atoms with Crippen molar-refractivity contribution in [3.8, 4) is 0 Å². The van der Waals surface area contributed by atoms with E-state index in [1.807, 2.05) is 20.8 Å². The van der Waals surface area contributed by atoms with E-state index in [1.165, 1.54) is 13.8 Å². The largest absolute Gasteiger partial charge is 0.300 e. The number of carbonyl (C=O) groups excluding carboxylic acids is 2. The van der Waals surface area contributed by atoms with Crippen LogP contribution in [0.4, 0.5) is 0 Å². The number of ketones is 2. The molecule has 1 radical (unpaired) electrons. The zero-order chi connectivity index (χ0) is 12.1. The van der Waals surface area contributed by atoms with E-state index in [1.54, 1.807) is 6.92 Å². The molecule has 2 nitrogen and oxygen atoms in total. The highest BCUT2D eigenvalue weighted by Gasteiger charge is 1.91. The van der Waals surface area contributed by atoms with E-state index >= 15 is 0 Å². The smallest absolute Gasteiger partial charge is 0.130 e. The van der Waals surface area contributed by atoms with E-state index in [0.29, 0.717) is 6.42 Å². The van der Waals surface area contributed by atoms with E-state index in [0.717, 1.165) is 12.0 Å². The predicted octanol–water partition coefficient (Wildman–Crippen LogP) is 3.36. The van der Waals surface area contributed by atoms with Crippen molar-refractivity contribution in [1.29, 1.82) is 0 Å². The lowest BCUT2D eigenvalue weighted by molar-refractivity contribution is -0.117. The molecule has 0 aromatic heterocycles. The van der Waals surface area contributed by atoms with Crippen LogP contribution in [0.25, 0.3) is 0 Å². The predicted molar refractivity (Wildman–Crippen MR) is 61.1 cm³/mol. The summed E-state index contributed by atoms with van der Waals surface area (Å²) in [6.45, 7) is 15.8. The third-order valence-corrected chi connectivity index (χ3v) is 0.871. The summed E-state index contributed by atoms with van der Waals surface area (Å²) in [5.41, 5.74) is 0.834. The Labute approximate surface area is 88.4 Å².